The van der Waals surface area contributed by atoms with E-state index < -0.39 is 0 Å². The van der Waals surface area contributed by atoms with Crippen molar-refractivity contribution >= 4 is 17.5 Å². The summed E-state index contributed by atoms with van der Waals surface area (Å²) in [6, 6.07) is 6.10. The number of tetrazole rings is 1. The number of ether oxygens (including phenoxy) is 1. The average molecular weight is 428 g/mol. The first-order valence-corrected chi connectivity index (χ1v) is 10.7. The summed E-state index contributed by atoms with van der Waals surface area (Å²) in [4.78, 5) is 31.1. The summed E-state index contributed by atoms with van der Waals surface area (Å²) in [5.74, 6) is 0.631. The van der Waals surface area contributed by atoms with E-state index in [0.29, 0.717) is 39.4 Å². The topological polar surface area (TPSA) is 96.7 Å². The molecule has 0 aliphatic carbocycles. The van der Waals surface area contributed by atoms with E-state index in [4.69, 9.17) is 4.74 Å². The Morgan fingerprint density at radius 2 is 1.81 bits per heavy atom. The Balaban J connectivity index is 1.30. The molecule has 0 saturated carbocycles. The van der Waals surface area contributed by atoms with Gasteiger partial charge in [0.2, 0.25) is 11.8 Å². The van der Waals surface area contributed by atoms with Crippen molar-refractivity contribution in [3.05, 3.63) is 35.2 Å². The molecule has 0 bridgehead atoms. The summed E-state index contributed by atoms with van der Waals surface area (Å²) in [5.41, 5.74) is 3.14. The smallest absolute Gasteiger partial charge is 0.246 e. The Labute approximate surface area is 181 Å². The van der Waals surface area contributed by atoms with Gasteiger partial charge in [-0.2, -0.15) is 0 Å². The fourth-order valence-electron chi connectivity index (χ4n) is 4.09. The first-order chi connectivity index (χ1) is 15.0. The molecule has 0 atom stereocenters. The van der Waals surface area contributed by atoms with Crippen LogP contribution in [0.1, 0.15) is 23.4 Å². The highest BCUT2D eigenvalue weighted by molar-refractivity contribution is 5.98. The van der Waals surface area contributed by atoms with Crippen LogP contribution < -0.4 is 4.90 Å². The van der Waals surface area contributed by atoms with Gasteiger partial charge in [0, 0.05) is 38.3 Å². The third kappa shape index (κ3) is 5.26. The standard InChI is InChI=1S/C21H29N7O3/c1-16-11-17(2)13-18(12-16)27-6-5-26(15-21(27)30)20(29)3-4-28-19(22-23-24-28)14-25-7-9-31-10-8-25/h11-13H,3-10,14-15H2,1-2H3. The van der Waals surface area contributed by atoms with Gasteiger partial charge in [-0.15, -0.1) is 5.10 Å². The largest absolute Gasteiger partial charge is 0.379 e. The lowest BCUT2D eigenvalue weighted by Crippen LogP contribution is -2.52. The number of aryl methyl sites for hydroxylation is 3. The number of carbonyl (C=O) groups excluding carboxylic acids is 2. The van der Waals surface area contributed by atoms with E-state index in [9.17, 15) is 9.59 Å². The Kier molecular flexibility index (Phi) is 6.57. The molecular formula is C21H29N7O3. The zero-order chi connectivity index (χ0) is 21.8. The van der Waals surface area contributed by atoms with Crippen molar-refractivity contribution in [2.24, 2.45) is 0 Å². The molecule has 3 heterocycles. The van der Waals surface area contributed by atoms with Gasteiger partial charge in [0.15, 0.2) is 5.82 Å². The van der Waals surface area contributed by atoms with Crippen molar-refractivity contribution in [1.29, 1.82) is 0 Å². The molecule has 1 aromatic carbocycles. The molecule has 2 aliphatic heterocycles. The van der Waals surface area contributed by atoms with Crippen molar-refractivity contribution in [3.63, 3.8) is 0 Å². The van der Waals surface area contributed by atoms with Crippen molar-refractivity contribution in [3.8, 4) is 0 Å². The third-order valence-corrected chi connectivity index (χ3v) is 5.70. The fourth-order valence-corrected chi connectivity index (χ4v) is 4.09. The Hall–Kier alpha value is -2.85. The molecule has 0 unspecified atom stereocenters. The first kappa shape index (κ1) is 21.4. The molecule has 166 valence electrons. The summed E-state index contributed by atoms with van der Waals surface area (Å²) in [5, 5.41) is 11.9. The predicted molar refractivity (Wildman–Crippen MR) is 113 cm³/mol. The zero-order valence-corrected chi connectivity index (χ0v) is 18.2. The number of carbonyl (C=O) groups is 2. The monoisotopic (exact) mass is 427 g/mol. The number of aromatic nitrogens is 4. The van der Waals surface area contributed by atoms with Crippen molar-refractivity contribution in [2.75, 3.05) is 50.8 Å². The molecule has 10 nitrogen and oxygen atoms in total. The van der Waals surface area contributed by atoms with Gasteiger partial charge < -0.3 is 14.5 Å². The van der Waals surface area contributed by atoms with E-state index >= 15 is 0 Å². The minimum atomic E-state index is -0.0555. The second-order valence-corrected chi connectivity index (χ2v) is 8.16. The molecule has 1 aromatic heterocycles. The number of piperazine rings is 1. The molecule has 2 saturated heterocycles. The molecule has 0 N–H and O–H groups in total. The molecular weight excluding hydrogens is 398 g/mol. The van der Waals surface area contributed by atoms with E-state index in [1.165, 1.54) is 0 Å². The predicted octanol–water partition coefficient (Wildman–Crippen LogP) is 0.388. The maximum absolute atomic E-state index is 12.7. The third-order valence-electron chi connectivity index (χ3n) is 5.70. The van der Waals surface area contributed by atoms with Crippen LogP contribution in [-0.2, 0) is 27.4 Å². The number of anilines is 1. The van der Waals surface area contributed by atoms with Crippen LogP contribution in [0, 0.1) is 13.8 Å². The summed E-state index contributed by atoms with van der Waals surface area (Å²) in [6.07, 6.45) is 0.262. The van der Waals surface area contributed by atoms with Crippen LogP contribution in [0.5, 0.6) is 0 Å². The molecule has 2 amide bonds. The number of amides is 2. The molecule has 2 fully saturated rings. The van der Waals surface area contributed by atoms with E-state index in [1.807, 2.05) is 26.0 Å². The SMILES string of the molecule is Cc1cc(C)cc(N2CCN(C(=O)CCn3nnnc3CN3CCOCC3)CC2=O)c1. The quantitative estimate of drug-likeness (QED) is 0.658. The van der Waals surface area contributed by atoms with E-state index in [1.54, 1.807) is 14.5 Å². The van der Waals surface area contributed by atoms with E-state index in [2.05, 4.69) is 26.5 Å². The maximum atomic E-state index is 12.7. The van der Waals surface area contributed by atoms with Gasteiger partial charge in [0.1, 0.15) is 6.54 Å². The van der Waals surface area contributed by atoms with Gasteiger partial charge >= 0.3 is 0 Å². The highest BCUT2D eigenvalue weighted by Gasteiger charge is 2.28. The molecule has 2 aliphatic rings. The second kappa shape index (κ2) is 9.52. The number of nitrogens with zero attached hydrogens (tertiary/aromatic N) is 7. The maximum Gasteiger partial charge on any atom is 0.246 e. The minimum absolute atomic E-state index is 0.0544. The van der Waals surface area contributed by atoms with Crippen LogP contribution in [0.15, 0.2) is 18.2 Å². The van der Waals surface area contributed by atoms with Crippen LogP contribution in [-0.4, -0.2) is 87.8 Å². The number of morpholine rings is 1. The van der Waals surface area contributed by atoms with Crippen LogP contribution in [0.2, 0.25) is 0 Å². The number of benzene rings is 1. The van der Waals surface area contributed by atoms with Crippen molar-refractivity contribution in [1.82, 2.24) is 30.0 Å². The Bertz CT molecular complexity index is 919. The average Bonchev–Trinajstić information content (AvgIpc) is 3.18. The lowest BCUT2D eigenvalue weighted by molar-refractivity contribution is -0.137. The Morgan fingerprint density at radius 1 is 1.06 bits per heavy atom. The number of hydrogen-bond donors (Lipinski definition) is 0. The van der Waals surface area contributed by atoms with Gasteiger partial charge in [-0.1, -0.05) is 6.07 Å². The number of hydrogen-bond acceptors (Lipinski definition) is 7. The normalized spacial score (nSPS) is 17.9. The van der Waals surface area contributed by atoms with Gasteiger partial charge in [-0.05, 0) is 47.5 Å². The van der Waals surface area contributed by atoms with Crippen LogP contribution in [0.3, 0.4) is 0 Å². The van der Waals surface area contributed by atoms with Gasteiger partial charge in [0.05, 0.1) is 26.3 Å². The summed E-state index contributed by atoms with van der Waals surface area (Å²) < 4.78 is 7.05. The number of rotatable bonds is 6. The van der Waals surface area contributed by atoms with Crippen LogP contribution >= 0.6 is 0 Å². The van der Waals surface area contributed by atoms with E-state index in [-0.39, 0.29) is 24.8 Å². The molecule has 0 radical (unpaired) electrons. The van der Waals surface area contributed by atoms with Gasteiger partial charge in [-0.3, -0.25) is 14.5 Å². The summed E-state index contributed by atoms with van der Waals surface area (Å²) >= 11 is 0. The molecule has 10 heteroatoms. The van der Waals surface area contributed by atoms with Crippen LogP contribution in [0.4, 0.5) is 5.69 Å². The highest BCUT2D eigenvalue weighted by atomic mass is 16.5. The van der Waals surface area contributed by atoms with E-state index in [0.717, 1.165) is 35.7 Å². The molecule has 31 heavy (non-hydrogen) atoms. The summed E-state index contributed by atoms with van der Waals surface area (Å²) in [6.45, 7) is 9.31. The summed E-state index contributed by atoms with van der Waals surface area (Å²) in [7, 11) is 0. The Morgan fingerprint density at radius 3 is 2.52 bits per heavy atom. The van der Waals surface area contributed by atoms with Crippen LogP contribution in [0.25, 0.3) is 0 Å². The highest BCUT2D eigenvalue weighted by Crippen LogP contribution is 2.21. The van der Waals surface area contributed by atoms with Crippen molar-refractivity contribution < 1.29 is 14.3 Å². The lowest BCUT2D eigenvalue weighted by Gasteiger charge is -2.34. The van der Waals surface area contributed by atoms with Gasteiger partial charge in [-0.25, -0.2) is 4.68 Å². The molecule has 2 aromatic rings. The van der Waals surface area contributed by atoms with Gasteiger partial charge in [0.25, 0.3) is 0 Å². The molecule has 4 rings (SSSR count). The zero-order valence-electron chi connectivity index (χ0n) is 18.2. The first-order valence-electron chi connectivity index (χ1n) is 10.7. The lowest BCUT2D eigenvalue weighted by atomic mass is 10.1. The van der Waals surface area contributed by atoms with Crippen molar-refractivity contribution in [2.45, 2.75) is 33.4 Å². The fraction of sp³-hybridized carbons (Fsp3) is 0.571. The second-order valence-electron chi connectivity index (χ2n) is 8.16. The minimum Gasteiger partial charge on any atom is -0.379 e. The molecule has 0 spiro atoms.